The Morgan fingerprint density at radius 3 is 2.40 bits per heavy atom. The van der Waals surface area contributed by atoms with Gasteiger partial charge in [0.25, 0.3) is 0 Å². The van der Waals surface area contributed by atoms with Gasteiger partial charge in [0.2, 0.25) is 10.0 Å². The van der Waals surface area contributed by atoms with Gasteiger partial charge in [-0.3, -0.25) is 0 Å². The molecule has 1 rings (SSSR count). The number of hydrogen-bond donors (Lipinski definition) is 4. The van der Waals surface area contributed by atoms with E-state index in [4.69, 9.17) is 10.9 Å². The fourth-order valence-electron chi connectivity index (χ4n) is 2.08. The molecule has 0 aromatic heterocycles. The summed E-state index contributed by atoms with van der Waals surface area (Å²) in [6.07, 6.45) is 1.25. The van der Waals surface area contributed by atoms with E-state index in [1.54, 1.807) is 0 Å². The van der Waals surface area contributed by atoms with Gasteiger partial charge in [-0.05, 0) is 24.1 Å². The summed E-state index contributed by atoms with van der Waals surface area (Å²) in [5, 5.41) is 18.1. The van der Waals surface area contributed by atoms with E-state index in [1.165, 1.54) is 18.2 Å². The first kappa shape index (κ1) is 16.7. The van der Waals surface area contributed by atoms with E-state index in [0.29, 0.717) is 17.9 Å². The lowest BCUT2D eigenvalue weighted by atomic mass is 9.96. The molecule has 0 spiro atoms. The Kier molecular flexibility index (Phi) is 5.79. The number of sulfonamides is 1. The number of anilines is 2. The minimum atomic E-state index is -3.76. The molecule has 1 aromatic rings. The quantitative estimate of drug-likeness (QED) is 0.563. The van der Waals surface area contributed by atoms with Crippen LogP contribution < -0.4 is 16.2 Å². The van der Waals surface area contributed by atoms with Gasteiger partial charge in [-0.1, -0.05) is 26.7 Å². The predicted octanol–water partition coefficient (Wildman–Crippen LogP) is 1.13. The first-order chi connectivity index (χ1) is 9.29. The normalized spacial score (nSPS) is 13.4. The van der Waals surface area contributed by atoms with Crippen molar-refractivity contribution in [1.29, 1.82) is 0 Å². The monoisotopic (exact) mass is 301 g/mol. The minimum Gasteiger partial charge on any atom is -0.397 e. The van der Waals surface area contributed by atoms with E-state index in [9.17, 15) is 13.5 Å². The van der Waals surface area contributed by atoms with Crippen LogP contribution in [0.15, 0.2) is 23.1 Å². The first-order valence-electron chi connectivity index (χ1n) is 6.63. The standard InChI is InChI=1S/C13H23N3O3S/c1-3-9(4-2)13(17)8-16-12-7-10(20(15,18)19)5-6-11(12)14/h5-7,9,13,16-17H,3-4,8,14H2,1-2H3,(H2,15,18,19). The van der Waals surface area contributed by atoms with Crippen LogP contribution >= 0.6 is 0 Å². The van der Waals surface area contributed by atoms with Crippen LogP contribution in [0.2, 0.25) is 0 Å². The second-order valence-electron chi connectivity index (χ2n) is 4.82. The van der Waals surface area contributed by atoms with Gasteiger partial charge in [-0.2, -0.15) is 0 Å². The Bertz CT molecular complexity index is 542. The van der Waals surface area contributed by atoms with Crippen molar-refractivity contribution in [2.75, 3.05) is 17.6 Å². The molecule has 0 aliphatic carbocycles. The molecular formula is C13H23N3O3S. The van der Waals surface area contributed by atoms with Gasteiger partial charge in [-0.25, -0.2) is 13.6 Å². The van der Waals surface area contributed by atoms with Crippen molar-refractivity contribution in [2.45, 2.75) is 37.7 Å². The molecule has 20 heavy (non-hydrogen) atoms. The molecule has 6 N–H and O–H groups in total. The van der Waals surface area contributed by atoms with Gasteiger partial charge in [0.1, 0.15) is 0 Å². The molecule has 0 fully saturated rings. The van der Waals surface area contributed by atoms with Crippen molar-refractivity contribution < 1.29 is 13.5 Å². The largest absolute Gasteiger partial charge is 0.397 e. The minimum absolute atomic E-state index is 0.00813. The third-order valence-corrected chi connectivity index (χ3v) is 4.36. The van der Waals surface area contributed by atoms with E-state index in [0.717, 1.165) is 12.8 Å². The van der Waals surface area contributed by atoms with E-state index in [-0.39, 0.29) is 10.8 Å². The van der Waals surface area contributed by atoms with Crippen LogP contribution in [0.3, 0.4) is 0 Å². The lowest BCUT2D eigenvalue weighted by Crippen LogP contribution is -2.28. The second-order valence-corrected chi connectivity index (χ2v) is 6.38. The molecule has 0 saturated carbocycles. The fraction of sp³-hybridized carbons (Fsp3) is 0.538. The third-order valence-electron chi connectivity index (χ3n) is 3.45. The molecule has 1 atom stereocenters. The Hall–Kier alpha value is -1.31. The van der Waals surface area contributed by atoms with Gasteiger partial charge in [0.05, 0.1) is 22.4 Å². The SMILES string of the molecule is CCC(CC)C(O)CNc1cc(S(N)(=O)=O)ccc1N. The van der Waals surface area contributed by atoms with Crippen LogP contribution in [-0.2, 0) is 10.0 Å². The molecule has 114 valence electrons. The molecule has 0 saturated heterocycles. The second kappa shape index (κ2) is 6.92. The van der Waals surface area contributed by atoms with Crippen molar-refractivity contribution >= 4 is 21.4 Å². The molecule has 0 bridgehead atoms. The van der Waals surface area contributed by atoms with Crippen molar-refractivity contribution in [3.05, 3.63) is 18.2 Å². The summed E-state index contributed by atoms with van der Waals surface area (Å²) in [5.41, 5.74) is 6.65. The highest BCUT2D eigenvalue weighted by Crippen LogP contribution is 2.23. The molecule has 0 radical (unpaired) electrons. The van der Waals surface area contributed by atoms with Crippen molar-refractivity contribution in [3.8, 4) is 0 Å². The summed E-state index contributed by atoms with van der Waals surface area (Å²) in [6.45, 7) is 4.35. The number of aliphatic hydroxyl groups excluding tert-OH is 1. The van der Waals surface area contributed by atoms with E-state index in [1.807, 2.05) is 13.8 Å². The number of nitrogen functional groups attached to an aromatic ring is 1. The van der Waals surface area contributed by atoms with Crippen molar-refractivity contribution in [2.24, 2.45) is 11.1 Å². The van der Waals surface area contributed by atoms with Gasteiger partial charge >= 0.3 is 0 Å². The summed E-state index contributed by atoms with van der Waals surface area (Å²) in [7, 11) is -3.76. The zero-order valence-corrected chi connectivity index (χ0v) is 12.7. The van der Waals surface area contributed by atoms with Gasteiger partial charge < -0.3 is 16.2 Å². The first-order valence-corrected chi connectivity index (χ1v) is 8.18. The third kappa shape index (κ3) is 4.36. The average molecular weight is 301 g/mol. The number of nitrogens with one attached hydrogen (secondary N) is 1. The van der Waals surface area contributed by atoms with E-state index in [2.05, 4.69) is 5.32 Å². The van der Waals surface area contributed by atoms with Crippen LogP contribution in [0, 0.1) is 5.92 Å². The van der Waals surface area contributed by atoms with Gasteiger partial charge in [-0.15, -0.1) is 0 Å². The molecule has 0 aliphatic rings. The number of benzene rings is 1. The molecule has 0 heterocycles. The van der Waals surface area contributed by atoms with Gasteiger partial charge in [0.15, 0.2) is 0 Å². The number of hydrogen-bond acceptors (Lipinski definition) is 5. The topological polar surface area (TPSA) is 118 Å². The lowest BCUT2D eigenvalue weighted by Gasteiger charge is -2.21. The summed E-state index contributed by atoms with van der Waals surface area (Å²) < 4.78 is 22.6. The van der Waals surface area contributed by atoms with Crippen LogP contribution in [-0.4, -0.2) is 26.2 Å². The summed E-state index contributed by atoms with van der Waals surface area (Å²) in [5.74, 6) is 0.199. The summed E-state index contributed by atoms with van der Waals surface area (Å²) in [4.78, 5) is -0.00813. The van der Waals surface area contributed by atoms with Crippen LogP contribution in [0.5, 0.6) is 0 Å². The molecule has 1 unspecified atom stereocenters. The number of rotatable bonds is 7. The molecule has 7 heteroatoms. The highest BCUT2D eigenvalue weighted by molar-refractivity contribution is 7.89. The molecular weight excluding hydrogens is 278 g/mol. The van der Waals surface area contributed by atoms with Crippen LogP contribution in [0.4, 0.5) is 11.4 Å². The Morgan fingerprint density at radius 2 is 1.90 bits per heavy atom. The number of aliphatic hydroxyl groups is 1. The lowest BCUT2D eigenvalue weighted by molar-refractivity contribution is 0.114. The van der Waals surface area contributed by atoms with Crippen LogP contribution in [0.1, 0.15) is 26.7 Å². The summed E-state index contributed by atoms with van der Waals surface area (Å²) in [6, 6.07) is 4.21. The van der Waals surface area contributed by atoms with Crippen LogP contribution in [0.25, 0.3) is 0 Å². The highest BCUT2D eigenvalue weighted by atomic mass is 32.2. The van der Waals surface area contributed by atoms with Crippen molar-refractivity contribution in [1.82, 2.24) is 0 Å². The maximum atomic E-state index is 11.3. The van der Waals surface area contributed by atoms with Crippen molar-refractivity contribution in [3.63, 3.8) is 0 Å². The molecule has 0 amide bonds. The Morgan fingerprint density at radius 1 is 1.30 bits per heavy atom. The summed E-state index contributed by atoms with van der Waals surface area (Å²) >= 11 is 0. The smallest absolute Gasteiger partial charge is 0.238 e. The molecule has 1 aromatic carbocycles. The Labute approximate surface area is 120 Å². The zero-order chi connectivity index (χ0) is 15.3. The fourth-order valence-corrected chi connectivity index (χ4v) is 2.62. The maximum Gasteiger partial charge on any atom is 0.238 e. The molecule has 6 nitrogen and oxygen atoms in total. The number of primary sulfonamides is 1. The average Bonchev–Trinajstić information content (AvgIpc) is 2.37. The maximum absolute atomic E-state index is 11.3. The predicted molar refractivity (Wildman–Crippen MR) is 80.8 cm³/mol. The van der Waals surface area contributed by atoms with Gasteiger partial charge in [0, 0.05) is 6.54 Å². The van der Waals surface area contributed by atoms with E-state index < -0.39 is 16.1 Å². The highest BCUT2D eigenvalue weighted by Gasteiger charge is 2.16. The molecule has 0 aliphatic heterocycles. The van der Waals surface area contributed by atoms with E-state index >= 15 is 0 Å². The zero-order valence-electron chi connectivity index (χ0n) is 11.8. The number of nitrogens with two attached hydrogens (primary N) is 2. The Balaban J connectivity index is 2.82.